The molecule has 0 saturated heterocycles. The van der Waals surface area contributed by atoms with Crippen LogP contribution in [0.3, 0.4) is 0 Å². The normalized spacial score (nSPS) is 14.1. The summed E-state index contributed by atoms with van der Waals surface area (Å²) >= 11 is 7.61. The zero-order valence-electron chi connectivity index (χ0n) is 18.3. The molecule has 0 unspecified atom stereocenters. The first-order valence-electron chi connectivity index (χ1n) is 10.5. The lowest BCUT2D eigenvalue weighted by molar-refractivity contribution is 0.0672. The Kier molecular flexibility index (Phi) is 5.54. The Morgan fingerprint density at radius 1 is 1.23 bits per heavy atom. The molecule has 0 saturated carbocycles. The standard InChI is InChI=1S/C24H17ClF2N6OS/c1-10(11-4-6-31-32-22(11)29)33-7-5-12-14(24(33)34)8-17(27)19(20(12)25)13-2-3-16(26)21-18(13)15(9-28)23(30)35-21/h2-4,6,8,10H,5,7,30H2,1H3,(H2,29,32)/t10-/m1/s1. The van der Waals surface area contributed by atoms with Crippen molar-refractivity contribution in [1.29, 1.82) is 5.26 Å². The Balaban J connectivity index is 1.64. The molecule has 4 N–H and O–H groups in total. The molecular formula is C24H17ClF2N6OS. The first-order chi connectivity index (χ1) is 16.7. The van der Waals surface area contributed by atoms with Crippen molar-refractivity contribution < 1.29 is 13.6 Å². The number of amides is 1. The average Bonchev–Trinajstić information content (AvgIpc) is 3.18. The number of aromatic nitrogens is 2. The molecule has 2 aromatic heterocycles. The molecular weight excluding hydrogens is 494 g/mol. The number of thiophene rings is 1. The third-order valence-corrected chi connectivity index (χ3v) is 7.76. The summed E-state index contributed by atoms with van der Waals surface area (Å²) in [6, 6.07) is 6.94. The summed E-state index contributed by atoms with van der Waals surface area (Å²) < 4.78 is 30.2. The van der Waals surface area contributed by atoms with E-state index in [0.29, 0.717) is 24.1 Å². The van der Waals surface area contributed by atoms with Gasteiger partial charge in [-0.15, -0.1) is 16.4 Å². The summed E-state index contributed by atoms with van der Waals surface area (Å²) in [7, 11) is 0. The van der Waals surface area contributed by atoms with Crippen LogP contribution in [0.15, 0.2) is 30.5 Å². The van der Waals surface area contributed by atoms with Gasteiger partial charge in [0.25, 0.3) is 5.91 Å². The van der Waals surface area contributed by atoms with E-state index >= 15 is 4.39 Å². The summed E-state index contributed by atoms with van der Waals surface area (Å²) in [6.45, 7) is 2.12. The van der Waals surface area contributed by atoms with Crippen LogP contribution in [0.5, 0.6) is 0 Å². The van der Waals surface area contributed by atoms with E-state index in [2.05, 4.69) is 10.2 Å². The predicted octanol–water partition coefficient (Wildman–Crippen LogP) is 5.09. The predicted molar refractivity (Wildman–Crippen MR) is 131 cm³/mol. The van der Waals surface area contributed by atoms with Crippen molar-refractivity contribution >= 4 is 49.7 Å². The highest BCUT2D eigenvalue weighted by Gasteiger charge is 2.33. The van der Waals surface area contributed by atoms with E-state index in [-0.39, 0.29) is 48.2 Å². The maximum Gasteiger partial charge on any atom is 0.254 e. The lowest BCUT2D eigenvalue weighted by atomic mass is 9.90. The van der Waals surface area contributed by atoms with Gasteiger partial charge in [0.1, 0.15) is 22.7 Å². The highest BCUT2D eigenvalue weighted by molar-refractivity contribution is 7.23. The molecule has 1 aliphatic heterocycles. The Morgan fingerprint density at radius 3 is 2.71 bits per heavy atom. The van der Waals surface area contributed by atoms with Crippen molar-refractivity contribution in [2.45, 2.75) is 19.4 Å². The average molecular weight is 511 g/mol. The molecule has 11 heteroatoms. The zero-order valence-corrected chi connectivity index (χ0v) is 19.8. The Morgan fingerprint density at radius 2 is 2.00 bits per heavy atom. The van der Waals surface area contributed by atoms with Gasteiger partial charge in [0.2, 0.25) is 0 Å². The zero-order chi connectivity index (χ0) is 25.0. The molecule has 0 radical (unpaired) electrons. The SMILES string of the molecule is C[C@H](c1ccnnc1N)N1CCc2c(cc(F)c(-c3ccc(F)c4sc(N)c(C#N)c34)c2Cl)C1=O. The summed E-state index contributed by atoms with van der Waals surface area (Å²) in [5.74, 6) is -1.52. The van der Waals surface area contributed by atoms with E-state index in [1.165, 1.54) is 18.3 Å². The second kappa shape index (κ2) is 8.45. The maximum absolute atomic E-state index is 15.6. The molecule has 3 heterocycles. The van der Waals surface area contributed by atoms with Crippen molar-refractivity contribution in [3.8, 4) is 17.2 Å². The quantitative estimate of drug-likeness (QED) is 0.396. The second-order valence-electron chi connectivity index (χ2n) is 8.12. The van der Waals surface area contributed by atoms with Crippen LogP contribution in [-0.4, -0.2) is 27.5 Å². The van der Waals surface area contributed by atoms with Crippen LogP contribution >= 0.6 is 22.9 Å². The monoisotopic (exact) mass is 510 g/mol. The Hall–Kier alpha value is -3.81. The number of fused-ring (bicyclic) bond motifs is 2. The number of nitrogens with two attached hydrogens (primary N) is 2. The molecule has 7 nitrogen and oxygen atoms in total. The molecule has 1 amide bonds. The number of rotatable bonds is 3. The largest absolute Gasteiger partial charge is 0.389 e. The number of hydrogen-bond acceptors (Lipinski definition) is 7. The van der Waals surface area contributed by atoms with E-state index in [0.717, 1.165) is 17.4 Å². The summed E-state index contributed by atoms with van der Waals surface area (Å²) in [5, 5.41) is 17.5. The molecule has 5 rings (SSSR count). The number of carbonyl (C=O) groups is 1. The van der Waals surface area contributed by atoms with Gasteiger partial charge in [0.05, 0.1) is 27.5 Å². The van der Waals surface area contributed by atoms with Crippen molar-refractivity contribution in [2.24, 2.45) is 0 Å². The van der Waals surface area contributed by atoms with E-state index in [1.54, 1.807) is 11.0 Å². The molecule has 1 atom stereocenters. The van der Waals surface area contributed by atoms with Crippen molar-refractivity contribution in [2.75, 3.05) is 18.0 Å². The Bertz CT molecular complexity index is 1580. The first-order valence-corrected chi connectivity index (χ1v) is 11.7. The molecule has 0 spiro atoms. The number of halogens is 3. The van der Waals surface area contributed by atoms with Crippen LogP contribution < -0.4 is 11.5 Å². The molecule has 4 aromatic rings. The van der Waals surface area contributed by atoms with Gasteiger partial charge in [-0.25, -0.2) is 8.78 Å². The van der Waals surface area contributed by atoms with Gasteiger partial charge >= 0.3 is 0 Å². The minimum absolute atomic E-state index is 0.00148. The number of nitrogen functional groups attached to an aromatic ring is 2. The van der Waals surface area contributed by atoms with Gasteiger partial charge in [-0.1, -0.05) is 17.7 Å². The van der Waals surface area contributed by atoms with Crippen molar-refractivity contribution in [3.63, 3.8) is 0 Å². The fourth-order valence-corrected chi connectivity index (χ4v) is 5.92. The number of hydrogen-bond donors (Lipinski definition) is 2. The molecule has 0 aliphatic carbocycles. The lowest BCUT2D eigenvalue weighted by Gasteiger charge is -2.34. The molecule has 35 heavy (non-hydrogen) atoms. The smallest absolute Gasteiger partial charge is 0.254 e. The third-order valence-electron chi connectivity index (χ3n) is 6.31. The van der Waals surface area contributed by atoms with E-state index < -0.39 is 23.6 Å². The topological polar surface area (TPSA) is 122 Å². The van der Waals surface area contributed by atoms with Crippen LogP contribution in [0.25, 0.3) is 21.2 Å². The fourth-order valence-electron chi connectivity index (χ4n) is 4.58. The van der Waals surface area contributed by atoms with Crippen LogP contribution in [0, 0.1) is 23.0 Å². The summed E-state index contributed by atoms with van der Waals surface area (Å²) in [5.41, 5.74) is 13.4. The number of benzene rings is 2. The molecule has 0 fully saturated rings. The van der Waals surface area contributed by atoms with Gasteiger partial charge < -0.3 is 16.4 Å². The van der Waals surface area contributed by atoms with Crippen LogP contribution in [0.1, 0.15) is 40.0 Å². The molecule has 2 aromatic carbocycles. The van der Waals surface area contributed by atoms with Crippen LogP contribution in [0.4, 0.5) is 19.6 Å². The number of nitrogens with zero attached hydrogens (tertiary/aromatic N) is 4. The molecule has 176 valence electrons. The number of carbonyl (C=O) groups excluding carboxylic acids is 1. The molecule has 0 bridgehead atoms. The van der Waals surface area contributed by atoms with Gasteiger partial charge in [-0.05, 0) is 42.7 Å². The van der Waals surface area contributed by atoms with Gasteiger partial charge in [0.15, 0.2) is 5.82 Å². The fraction of sp³-hybridized carbons (Fsp3) is 0.167. The van der Waals surface area contributed by atoms with Crippen molar-refractivity contribution in [1.82, 2.24) is 15.1 Å². The number of nitriles is 1. The first kappa shape index (κ1) is 23.0. The minimum Gasteiger partial charge on any atom is -0.389 e. The minimum atomic E-state index is -0.761. The highest BCUT2D eigenvalue weighted by Crippen LogP contribution is 2.45. The van der Waals surface area contributed by atoms with E-state index in [1.807, 2.05) is 13.0 Å². The summed E-state index contributed by atoms with van der Waals surface area (Å²) in [4.78, 5) is 15.0. The third kappa shape index (κ3) is 3.47. The highest BCUT2D eigenvalue weighted by atomic mass is 35.5. The summed E-state index contributed by atoms with van der Waals surface area (Å²) in [6.07, 6.45) is 1.85. The van der Waals surface area contributed by atoms with Gasteiger partial charge in [-0.3, -0.25) is 4.79 Å². The van der Waals surface area contributed by atoms with Gasteiger partial charge in [0, 0.05) is 28.6 Å². The van der Waals surface area contributed by atoms with E-state index in [9.17, 15) is 14.4 Å². The van der Waals surface area contributed by atoms with Crippen molar-refractivity contribution in [3.05, 3.63) is 69.4 Å². The van der Waals surface area contributed by atoms with E-state index in [4.69, 9.17) is 23.1 Å². The van der Waals surface area contributed by atoms with Crippen LogP contribution in [-0.2, 0) is 6.42 Å². The second-order valence-corrected chi connectivity index (χ2v) is 9.55. The molecule has 1 aliphatic rings. The van der Waals surface area contributed by atoms with Crippen LogP contribution in [0.2, 0.25) is 5.02 Å². The maximum atomic E-state index is 15.6. The Labute approximate surface area is 207 Å². The number of anilines is 2. The van der Waals surface area contributed by atoms with Gasteiger partial charge in [-0.2, -0.15) is 10.4 Å². The lowest BCUT2D eigenvalue weighted by Crippen LogP contribution is -2.40.